The first-order chi connectivity index (χ1) is 16.4. The second-order valence-corrected chi connectivity index (χ2v) is 9.23. The molecule has 0 saturated heterocycles. The average molecular weight is 456 g/mol. The molecule has 0 radical (unpaired) electrons. The predicted molar refractivity (Wildman–Crippen MR) is 138 cm³/mol. The van der Waals surface area contributed by atoms with E-state index in [-0.39, 0.29) is 0 Å². The van der Waals surface area contributed by atoms with Crippen LogP contribution in [-0.4, -0.2) is 22.7 Å². The third kappa shape index (κ3) is 4.86. The lowest BCUT2D eigenvalue weighted by atomic mass is 9.76. The molecular weight excluding hydrogens is 422 g/mol. The minimum absolute atomic E-state index is 0.292. The van der Waals surface area contributed by atoms with E-state index >= 15 is 0 Å². The number of benzene rings is 3. The van der Waals surface area contributed by atoms with Gasteiger partial charge < -0.3 is 15.1 Å². The van der Waals surface area contributed by atoms with E-state index in [1.54, 1.807) is 12.1 Å². The average Bonchev–Trinajstić information content (AvgIpc) is 2.84. The topological polar surface area (TPSA) is 60.8 Å². The Bertz CT molecular complexity index is 1160. The highest BCUT2D eigenvalue weighted by Gasteiger charge is 2.40. The number of fused-ring (bicyclic) bond motifs is 1. The summed E-state index contributed by atoms with van der Waals surface area (Å²) in [5.74, 6) is -0.665. The fourth-order valence-electron chi connectivity index (χ4n) is 5.07. The lowest BCUT2D eigenvalue weighted by Crippen LogP contribution is -2.49. The minimum atomic E-state index is -0.957. The van der Waals surface area contributed by atoms with Crippen LogP contribution in [0.5, 0.6) is 5.75 Å². The maximum atomic E-state index is 10.9. The van der Waals surface area contributed by atoms with E-state index in [0.717, 1.165) is 42.2 Å². The number of hydrogen-bond donors (Lipinski definition) is 2. The van der Waals surface area contributed by atoms with Crippen LogP contribution in [0, 0.1) is 0 Å². The molecule has 1 unspecified atom stereocenters. The molecule has 0 aromatic heterocycles. The number of anilines is 1. The van der Waals surface area contributed by atoms with E-state index in [1.807, 2.05) is 24.3 Å². The summed E-state index contributed by atoms with van der Waals surface area (Å²) in [6.07, 6.45) is 8.43. The van der Waals surface area contributed by atoms with E-state index < -0.39 is 11.5 Å². The normalized spacial score (nSPS) is 17.6. The number of carboxylic acids is 1. The minimum Gasteiger partial charge on any atom is -0.508 e. The molecule has 4 nitrogen and oxygen atoms in total. The van der Waals surface area contributed by atoms with Gasteiger partial charge in [0.15, 0.2) is 0 Å². The van der Waals surface area contributed by atoms with Crippen molar-refractivity contribution in [1.29, 1.82) is 0 Å². The molecule has 0 bridgehead atoms. The first-order valence-corrected chi connectivity index (χ1v) is 12.1. The third-order valence-electron chi connectivity index (χ3n) is 6.97. The van der Waals surface area contributed by atoms with Crippen molar-refractivity contribution in [3.63, 3.8) is 0 Å². The van der Waals surface area contributed by atoms with Gasteiger partial charge in [-0.3, -0.25) is 0 Å². The van der Waals surface area contributed by atoms with Gasteiger partial charge in [-0.15, -0.1) is 0 Å². The molecule has 3 aromatic rings. The number of phenolic OH excluding ortho intramolecular Hbond substituents is 1. The molecule has 34 heavy (non-hydrogen) atoms. The van der Waals surface area contributed by atoms with Crippen LogP contribution in [0.4, 0.5) is 5.69 Å². The number of phenols is 1. The molecular formula is C30H33NO3. The van der Waals surface area contributed by atoms with Crippen molar-refractivity contribution in [2.24, 2.45) is 0 Å². The summed E-state index contributed by atoms with van der Waals surface area (Å²) in [6, 6.07) is 22.7. The first-order valence-electron chi connectivity index (χ1n) is 12.1. The molecule has 0 fully saturated rings. The van der Waals surface area contributed by atoms with Gasteiger partial charge in [-0.2, -0.15) is 0 Å². The number of carbonyl (C=O) groups is 1. The maximum Gasteiger partial charge on any atom is 0.328 e. The molecule has 1 atom stereocenters. The molecule has 0 spiro atoms. The third-order valence-corrected chi connectivity index (χ3v) is 6.97. The summed E-state index contributed by atoms with van der Waals surface area (Å²) in [5, 5.41) is 19.0. The first kappa shape index (κ1) is 23.6. The van der Waals surface area contributed by atoms with Gasteiger partial charge in [0.25, 0.3) is 0 Å². The zero-order valence-corrected chi connectivity index (χ0v) is 20.0. The van der Waals surface area contributed by atoms with Crippen LogP contribution in [0.1, 0.15) is 60.9 Å². The number of aryl methyl sites for hydroxylation is 1. The molecule has 0 amide bonds. The lowest BCUT2D eigenvalue weighted by molar-refractivity contribution is -0.131. The Morgan fingerprint density at radius 2 is 1.76 bits per heavy atom. The van der Waals surface area contributed by atoms with Crippen molar-refractivity contribution in [2.75, 3.05) is 11.4 Å². The van der Waals surface area contributed by atoms with Gasteiger partial charge in [0, 0.05) is 18.3 Å². The number of aromatic hydroxyl groups is 1. The van der Waals surface area contributed by atoms with Crippen molar-refractivity contribution in [3.05, 3.63) is 101 Å². The SMILES string of the molecule is CCCCCc1ccc(N2CCc3cc(O)ccc3C2(C)c2ccc(C=CC(=O)O)cc2)cc1. The van der Waals surface area contributed by atoms with Crippen LogP contribution in [0.3, 0.4) is 0 Å². The molecule has 0 saturated carbocycles. The van der Waals surface area contributed by atoms with Crippen LogP contribution < -0.4 is 4.90 Å². The van der Waals surface area contributed by atoms with Crippen molar-refractivity contribution < 1.29 is 15.0 Å². The summed E-state index contributed by atoms with van der Waals surface area (Å²) >= 11 is 0. The molecule has 4 heteroatoms. The van der Waals surface area contributed by atoms with Crippen LogP contribution in [0.2, 0.25) is 0 Å². The summed E-state index contributed by atoms with van der Waals surface area (Å²) in [6.45, 7) is 5.30. The smallest absolute Gasteiger partial charge is 0.328 e. The van der Waals surface area contributed by atoms with Crippen molar-refractivity contribution in [1.82, 2.24) is 0 Å². The van der Waals surface area contributed by atoms with Crippen molar-refractivity contribution in [2.45, 2.75) is 51.5 Å². The van der Waals surface area contributed by atoms with E-state index in [9.17, 15) is 9.90 Å². The van der Waals surface area contributed by atoms with Crippen LogP contribution in [0.15, 0.2) is 72.8 Å². The summed E-state index contributed by atoms with van der Waals surface area (Å²) in [4.78, 5) is 13.3. The molecule has 1 aliphatic rings. The summed E-state index contributed by atoms with van der Waals surface area (Å²) in [7, 11) is 0. The number of hydrogen-bond acceptors (Lipinski definition) is 3. The van der Waals surface area contributed by atoms with Gasteiger partial charge in [-0.05, 0) is 84.3 Å². The van der Waals surface area contributed by atoms with Gasteiger partial charge in [-0.1, -0.05) is 62.2 Å². The zero-order valence-electron chi connectivity index (χ0n) is 20.0. The molecule has 2 N–H and O–H groups in total. The largest absolute Gasteiger partial charge is 0.508 e. The van der Waals surface area contributed by atoms with Crippen LogP contribution >= 0.6 is 0 Å². The molecule has 1 heterocycles. The number of aliphatic carboxylic acids is 1. The zero-order chi connectivity index (χ0) is 24.1. The second-order valence-electron chi connectivity index (χ2n) is 9.23. The Hall–Kier alpha value is -3.53. The number of carboxylic acid groups (broad SMARTS) is 1. The lowest BCUT2D eigenvalue weighted by Gasteiger charge is -2.48. The molecule has 1 aliphatic heterocycles. The highest BCUT2D eigenvalue weighted by atomic mass is 16.4. The number of nitrogens with zero attached hydrogens (tertiary/aromatic N) is 1. The molecule has 3 aromatic carbocycles. The van der Waals surface area contributed by atoms with E-state index in [4.69, 9.17) is 5.11 Å². The van der Waals surface area contributed by atoms with Gasteiger partial charge in [0.1, 0.15) is 5.75 Å². The monoisotopic (exact) mass is 455 g/mol. The molecule has 0 aliphatic carbocycles. The highest BCUT2D eigenvalue weighted by molar-refractivity contribution is 5.85. The van der Waals surface area contributed by atoms with Crippen molar-refractivity contribution >= 4 is 17.7 Å². The Morgan fingerprint density at radius 1 is 1.03 bits per heavy atom. The fourth-order valence-corrected chi connectivity index (χ4v) is 5.07. The summed E-state index contributed by atoms with van der Waals surface area (Å²) < 4.78 is 0. The Labute approximate surface area is 202 Å². The Morgan fingerprint density at radius 3 is 2.44 bits per heavy atom. The maximum absolute atomic E-state index is 10.9. The second kappa shape index (κ2) is 10.2. The fraction of sp³-hybridized carbons (Fsp3) is 0.300. The van der Waals surface area contributed by atoms with Gasteiger partial charge in [0.2, 0.25) is 0 Å². The number of rotatable bonds is 8. The predicted octanol–water partition coefficient (Wildman–Crippen LogP) is 6.55. The Kier molecular flexibility index (Phi) is 7.06. The highest BCUT2D eigenvalue weighted by Crippen LogP contribution is 2.44. The quantitative estimate of drug-likeness (QED) is 0.299. The van der Waals surface area contributed by atoms with E-state index in [2.05, 4.69) is 55.1 Å². The van der Waals surface area contributed by atoms with E-state index in [1.165, 1.54) is 36.1 Å². The van der Waals surface area contributed by atoms with Gasteiger partial charge in [0.05, 0.1) is 5.54 Å². The standard InChI is InChI=1S/C30H33NO3/c1-3-4-5-6-22-9-14-26(15-10-22)31-20-19-24-21-27(32)16-17-28(24)30(31,2)25-12-7-23(8-13-25)11-18-29(33)34/h7-18,21,32H,3-6,19-20H2,1-2H3,(H,33,34). The van der Waals surface area contributed by atoms with E-state index in [0.29, 0.717) is 5.75 Å². The van der Waals surface area contributed by atoms with Gasteiger partial charge >= 0.3 is 5.97 Å². The number of unbranched alkanes of at least 4 members (excludes halogenated alkanes) is 2. The Balaban J connectivity index is 1.73. The molecule has 4 rings (SSSR count). The molecule has 176 valence electrons. The summed E-state index contributed by atoms with van der Waals surface area (Å²) in [5.41, 5.74) is 6.42. The van der Waals surface area contributed by atoms with Crippen LogP contribution in [-0.2, 0) is 23.2 Å². The van der Waals surface area contributed by atoms with Crippen LogP contribution in [0.25, 0.3) is 6.08 Å². The van der Waals surface area contributed by atoms with Gasteiger partial charge in [-0.25, -0.2) is 4.79 Å². The van der Waals surface area contributed by atoms with Crippen molar-refractivity contribution in [3.8, 4) is 5.75 Å².